The molecular formula is C16H18N2O3. The van der Waals surface area contributed by atoms with Gasteiger partial charge in [-0.1, -0.05) is 18.2 Å². The predicted octanol–water partition coefficient (Wildman–Crippen LogP) is 2.91. The first-order valence-electron chi connectivity index (χ1n) is 7.00. The minimum Gasteiger partial charge on any atom is -0.466 e. The van der Waals surface area contributed by atoms with Crippen molar-refractivity contribution in [2.75, 3.05) is 11.9 Å². The number of fused-ring (bicyclic) bond motifs is 1. The zero-order valence-corrected chi connectivity index (χ0v) is 12.0. The Bertz CT molecular complexity index is 635. The van der Waals surface area contributed by atoms with E-state index in [0.29, 0.717) is 18.7 Å². The lowest BCUT2D eigenvalue weighted by atomic mass is 10.2. The minimum atomic E-state index is -0.267. The topological polar surface area (TPSA) is 68.3 Å². The molecule has 1 aromatic carbocycles. The summed E-state index contributed by atoms with van der Waals surface area (Å²) < 4.78 is 4.82. The van der Waals surface area contributed by atoms with Crippen LogP contribution in [0.2, 0.25) is 0 Å². The van der Waals surface area contributed by atoms with E-state index in [1.165, 1.54) is 0 Å². The van der Waals surface area contributed by atoms with Gasteiger partial charge in [-0.2, -0.15) is 0 Å². The van der Waals surface area contributed by atoms with Gasteiger partial charge in [-0.15, -0.1) is 0 Å². The van der Waals surface area contributed by atoms with Gasteiger partial charge in [0, 0.05) is 24.4 Å². The van der Waals surface area contributed by atoms with Gasteiger partial charge in [0.2, 0.25) is 5.91 Å². The van der Waals surface area contributed by atoms with Crippen LogP contribution in [0, 0.1) is 0 Å². The molecule has 1 N–H and O–H groups in total. The first kappa shape index (κ1) is 15.0. The number of amides is 1. The zero-order valence-electron chi connectivity index (χ0n) is 12.0. The van der Waals surface area contributed by atoms with Crippen LogP contribution in [0.15, 0.2) is 36.5 Å². The van der Waals surface area contributed by atoms with E-state index in [0.717, 1.165) is 10.9 Å². The summed E-state index contributed by atoms with van der Waals surface area (Å²) in [5.74, 6) is -0.394. The molecule has 2 aromatic rings. The van der Waals surface area contributed by atoms with Crippen molar-refractivity contribution in [3.05, 3.63) is 36.5 Å². The molecule has 1 heterocycles. The minimum absolute atomic E-state index is 0.127. The van der Waals surface area contributed by atoms with E-state index in [1.54, 1.807) is 13.1 Å². The van der Waals surface area contributed by atoms with Crippen LogP contribution in [-0.4, -0.2) is 23.5 Å². The molecule has 110 valence electrons. The summed E-state index contributed by atoms with van der Waals surface area (Å²) in [7, 11) is 0. The molecule has 0 bridgehead atoms. The quantitative estimate of drug-likeness (QED) is 0.829. The third-order valence-corrected chi connectivity index (χ3v) is 3.00. The predicted molar refractivity (Wildman–Crippen MR) is 80.9 cm³/mol. The number of ether oxygens (including phenoxy) is 1. The smallest absolute Gasteiger partial charge is 0.305 e. The second-order valence-corrected chi connectivity index (χ2v) is 4.59. The van der Waals surface area contributed by atoms with Gasteiger partial charge in [0.05, 0.1) is 17.8 Å². The van der Waals surface area contributed by atoms with Crippen LogP contribution in [0.4, 0.5) is 5.69 Å². The van der Waals surface area contributed by atoms with Crippen molar-refractivity contribution in [1.29, 1.82) is 0 Å². The number of hydrogen-bond donors (Lipinski definition) is 1. The van der Waals surface area contributed by atoms with Crippen molar-refractivity contribution in [3.8, 4) is 0 Å². The molecule has 0 aliphatic carbocycles. The molecule has 2 rings (SSSR count). The number of para-hydroxylation sites is 1. The van der Waals surface area contributed by atoms with Crippen LogP contribution in [0.5, 0.6) is 0 Å². The molecular weight excluding hydrogens is 268 g/mol. The highest BCUT2D eigenvalue weighted by molar-refractivity contribution is 6.00. The molecule has 0 fully saturated rings. The Morgan fingerprint density at radius 3 is 2.81 bits per heavy atom. The first-order chi connectivity index (χ1) is 10.2. The summed E-state index contributed by atoms with van der Waals surface area (Å²) >= 11 is 0. The summed E-state index contributed by atoms with van der Waals surface area (Å²) in [5, 5.41) is 3.81. The average Bonchev–Trinajstić information content (AvgIpc) is 2.48. The Morgan fingerprint density at radius 2 is 2.00 bits per heavy atom. The summed E-state index contributed by atoms with van der Waals surface area (Å²) in [6.45, 7) is 2.13. The number of rotatable bonds is 6. The normalized spacial score (nSPS) is 10.3. The monoisotopic (exact) mass is 286 g/mol. The van der Waals surface area contributed by atoms with Gasteiger partial charge in [-0.05, 0) is 25.5 Å². The van der Waals surface area contributed by atoms with Crippen molar-refractivity contribution < 1.29 is 14.3 Å². The second kappa shape index (κ2) is 7.38. The van der Waals surface area contributed by atoms with Crippen LogP contribution in [0.25, 0.3) is 10.9 Å². The van der Waals surface area contributed by atoms with Gasteiger partial charge in [0.1, 0.15) is 0 Å². The molecule has 0 atom stereocenters. The van der Waals surface area contributed by atoms with Gasteiger partial charge in [0.15, 0.2) is 0 Å². The molecule has 0 spiro atoms. The van der Waals surface area contributed by atoms with E-state index < -0.39 is 0 Å². The van der Waals surface area contributed by atoms with E-state index in [1.807, 2.05) is 30.3 Å². The molecule has 0 aliphatic rings. The largest absolute Gasteiger partial charge is 0.466 e. The molecule has 21 heavy (non-hydrogen) atoms. The van der Waals surface area contributed by atoms with Gasteiger partial charge >= 0.3 is 5.97 Å². The maximum absolute atomic E-state index is 11.9. The third-order valence-electron chi connectivity index (χ3n) is 3.00. The fraction of sp³-hybridized carbons (Fsp3) is 0.312. The highest BCUT2D eigenvalue weighted by Crippen LogP contribution is 2.20. The third kappa shape index (κ3) is 4.27. The lowest BCUT2D eigenvalue weighted by molar-refractivity contribution is -0.143. The molecule has 0 saturated carbocycles. The highest BCUT2D eigenvalue weighted by atomic mass is 16.5. The summed E-state index contributed by atoms with van der Waals surface area (Å²) in [4.78, 5) is 27.4. The van der Waals surface area contributed by atoms with Crippen LogP contribution in [0.3, 0.4) is 0 Å². The standard InChI is InChI=1S/C16H18N2O3/c1-2-21-15(20)10-4-9-14(19)18-13-8-3-6-12-7-5-11-17-16(12)13/h3,5-8,11H,2,4,9-10H2,1H3,(H,18,19). The number of carbonyl (C=O) groups excluding carboxylic acids is 2. The van der Waals surface area contributed by atoms with E-state index in [9.17, 15) is 9.59 Å². The summed E-state index contributed by atoms with van der Waals surface area (Å²) in [5.41, 5.74) is 1.45. The molecule has 1 aromatic heterocycles. The molecule has 1 amide bonds. The van der Waals surface area contributed by atoms with E-state index in [4.69, 9.17) is 4.74 Å². The fourth-order valence-electron chi connectivity index (χ4n) is 2.04. The molecule has 0 radical (unpaired) electrons. The Kier molecular flexibility index (Phi) is 5.26. The number of nitrogens with one attached hydrogen (secondary N) is 1. The first-order valence-corrected chi connectivity index (χ1v) is 7.00. The van der Waals surface area contributed by atoms with E-state index in [2.05, 4.69) is 10.3 Å². The van der Waals surface area contributed by atoms with Crippen LogP contribution in [0.1, 0.15) is 26.2 Å². The SMILES string of the molecule is CCOC(=O)CCCC(=O)Nc1cccc2cccnc12. The molecule has 0 aliphatic heterocycles. The number of anilines is 1. The second-order valence-electron chi connectivity index (χ2n) is 4.59. The Morgan fingerprint density at radius 1 is 1.19 bits per heavy atom. The molecule has 5 heteroatoms. The van der Waals surface area contributed by atoms with Crippen molar-refractivity contribution in [2.45, 2.75) is 26.2 Å². The lowest BCUT2D eigenvalue weighted by Crippen LogP contribution is -2.13. The summed E-state index contributed by atoms with van der Waals surface area (Å²) in [6.07, 6.45) is 2.71. The number of benzene rings is 1. The van der Waals surface area contributed by atoms with Crippen LogP contribution in [-0.2, 0) is 14.3 Å². The van der Waals surface area contributed by atoms with Crippen molar-refractivity contribution in [1.82, 2.24) is 4.98 Å². The van der Waals surface area contributed by atoms with Crippen molar-refractivity contribution in [3.63, 3.8) is 0 Å². The molecule has 0 unspecified atom stereocenters. The maximum Gasteiger partial charge on any atom is 0.305 e. The molecule has 0 saturated heterocycles. The number of pyridine rings is 1. The Labute approximate surface area is 123 Å². The van der Waals surface area contributed by atoms with Crippen molar-refractivity contribution in [2.24, 2.45) is 0 Å². The number of nitrogens with zero attached hydrogens (tertiary/aromatic N) is 1. The van der Waals surface area contributed by atoms with Crippen molar-refractivity contribution >= 4 is 28.5 Å². The van der Waals surface area contributed by atoms with Gasteiger partial charge in [-0.3, -0.25) is 14.6 Å². The van der Waals surface area contributed by atoms with Gasteiger partial charge in [0.25, 0.3) is 0 Å². The van der Waals surface area contributed by atoms with E-state index >= 15 is 0 Å². The highest BCUT2D eigenvalue weighted by Gasteiger charge is 2.08. The van der Waals surface area contributed by atoms with E-state index in [-0.39, 0.29) is 24.7 Å². The van der Waals surface area contributed by atoms with Gasteiger partial charge < -0.3 is 10.1 Å². The molecule has 5 nitrogen and oxygen atoms in total. The number of carbonyl (C=O) groups is 2. The number of hydrogen-bond acceptors (Lipinski definition) is 4. The van der Waals surface area contributed by atoms with Gasteiger partial charge in [-0.25, -0.2) is 0 Å². The van der Waals surface area contributed by atoms with Crippen LogP contribution < -0.4 is 5.32 Å². The number of esters is 1. The summed E-state index contributed by atoms with van der Waals surface area (Å²) in [6, 6.07) is 9.43. The Balaban J connectivity index is 1.91. The average molecular weight is 286 g/mol. The fourth-order valence-corrected chi connectivity index (χ4v) is 2.04. The maximum atomic E-state index is 11.9. The number of aromatic nitrogens is 1. The zero-order chi connectivity index (χ0) is 15.1. The lowest BCUT2D eigenvalue weighted by Gasteiger charge is -2.07. The van der Waals surface area contributed by atoms with Crippen LogP contribution >= 0.6 is 0 Å². The Hall–Kier alpha value is -2.43.